The first kappa shape index (κ1) is 20.4. The highest BCUT2D eigenvalue weighted by atomic mass is 33.1. The second-order valence-corrected chi connectivity index (χ2v) is 14.1. The number of carboxylic acid groups (broad SMARTS) is 1. The molecular weight excluding hydrogens is 313 g/mol. The Morgan fingerprint density at radius 2 is 1.60 bits per heavy atom. The molecular formula is C13H28NO3PS2. The van der Waals surface area contributed by atoms with Crippen molar-refractivity contribution in [2.75, 3.05) is 30.9 Å². The van der Waals surface area contributed by atoms with Crippen molar-refractivity contribution in [3.63, 3.8) is 0 Å². The second-order valence-electron chi connectivity index (χ2n) is 5.67. The maximum atomic E-state index is 13.1. The first-order valence-electron chi connectivity index (χ1n) is 7.00. The number of aliphatic carboxylic acids is 1. The van der Waals surface area contributed by atoms with Gasteiger partial charge in [0.1, 0.15) is 0 Å². The standard InChI is InChI=1S/C13H28NO3PS2/c1-6-14(7-13(15)16)10-18(17,19-8-11(2)3)20-9-12(4)5/h11-12H,6-10H2,1-5H3,(H,15,16). The van der Waals surface area contributed by atoms with Crippen LogP contribution in [0.4, 0.5) is 0 Å². The maximum Gasteiger partial charge on any atom is 0.317 e. The highest BCUT2D eigenvalue weighted by Crippen LogP contribution is 2.69. The monoisotopic (exact) mass is 341 g/mol. The largest absolute Gasteiger partial charge is 0.480 e. The van der Waals surface area contributed by atoms with Crippen LogP contribution in [0.5, 0.6) is 0 Å². The molecule has 4 nitrogen and oxygen atoms in total. The van der Waals surface area contributed by atoms with Crippen LogP contribution in [-0.4, -0.2) is 46.9 Å². The number of rotatable bonds is 11. The number of carboxylic acids is 1. The molecule has 0 bridgehead atoms. The van der Waals surface area contributed by atoms with E-state index in [1.807, 2.05) is 6.92 Å². The zero-order valence-electron chi connectivity index (χ0n) is 13.2. The van der Waals surface area contributed by atoms with E-state index in [0.717, 1.165) is 11.5 Å². The van der Waals surface area contributed by atoms with E-state index in [2.05, 4.69) is 27.7 Å². The molecule has 0 aliphatic carbocycles. The Balaban J connectivity index is 4.71. The van der Waals surface area contributed by atoms with Crippen LogP contribution in [0.1, 0.15) is 34.6 Å². The van der Waals surface area contributed by atoms with Crippen molar-refractivity contribution in [3.8, 4) is 0 Å². The van der Waals surface area contributed by atoms with Crippen LogP contribution in [0.15, 0.2) is 0 Å². The SMILES string of the molecule is CCN(CC(=O)O)CP(=O)(SCC(C)C)SCC(C)C. The summed E-state index contributed by atoms with van der Waals surface area (Å²) in [6.45, 7) is 10.9. The molecule has 1 N–H and O–H groups in total. The van der Waals surface area contributed by atoms with Crippen molar-refractivity contribution in [3.05, 3.63) is 0 Å². The van der Waals surface area contributed by atoms with E-state index in [4.69, 9.17) is 5.11 Å². The zero-order valence-corrected chi connectivity index (χ0v) is 15.7. The Morgan fingerprint density at radius 1 is 1.15 bits per heavy atom. The van der Waals surface area contributed by atoms with E-state index in [0.29, 0.717) is 24.7 Å². The molecule has 0 aromatic carbocycles. The van der Waals surface area contributed by atoms with Crippen molar-refractivity contribution in [1.82, 2.24) is 4.90 Å². The molecule has 0 aromatic rings. The number of likely N-dealkylation sites (N-methyl/N-ethyl adjacent to an activating group) is 1. The average Bonchev–Trinajstić information content (AvgIpc) is 2.33. The van der Waals surface area contributed by atoms with Gasteiger partial charge in [0.05, 0.1) is 12.8 Å². The molecule has 0 unspecified atom stereocenters. The number of hydrogen-bond acceptors (Lipinski definition) is 5. The Hall–Kier alpha value is 0.360. The summed E-state index contributed by atoms with van der Waals surface area (Å²) in [5, 5.41) is 8.90. The van der Waals surface area contributed by atoms with Gasteiger partial charge >= 0.3 is 5.97 Å². The van der Waals surface area contributed by atoms with E-state index in [9.17, 15) is 9.36 Å². The lowest BCUT2D eigenvalue weighted by Gasteiger charge is -2.25. The fraction of sp³-hybridized carbons (Fsp3) is 0.923. The molecule has 0 rings (SSSR count). The van der Waals surface area contributed by atoms with Crippen molar-refractivity contribution in [2.45, 2.75) is 34.6 Å². The van der Waals surface area contributed by atoms with Crippen LogP contribution >= 0.6 is 28.3 Å². The molecule has 0 fully saturated rings. The molecule has 0 heterocycles. The summed E-state index contributed by atoms with van der Waals surface area (Å²) in [6.07, 6.45) is 0.380. The molecule has 0 aliphatic rings. The van der Waals surface area contributed by atoms with Gasteiger partial charge in [0.2, 0.25) is 5.55 Å². The minimum Gasteiger partial charge on any atom is -0.480 e. The normalized spacial score (nSPS) is 12.6. The van der Waals surface area contributed by atoms with E-state index in [1.165, 1.54) is 22.8 Å². The maximum absolute atomic E-state index is 13.1. The second kappa shape index (κ2) is 10.1. The summed E-state index contributed by atoms with van der Waals surface area (Å²) in [4.78, 5) is 12.6. The molecule has 0 saturated heterocycles. The van der Waals surface area contributed by atoms with Gasteiger partial charge in [-0.05, 0) is 18.4 Å². The van der Waals surface area contributed by atoms with Gasteiger partial charge < -0.3 is 5.11 Å². The topological polar surface area (TPSA) is 57.6 Å². The van der Waals surface area contributed by atoms with Crippen LogP contribution < -0.4 is 0 Å². The lowest BCUT2D eigenvalue weighted by Crippen LogP contribution is -2.30. The van der Waals surface area contributed by atoms with Gasteiger partial charge in [-0.3, -0.25) is 14.3 Å². The van der Waals surface area contributed by atoms with Crippen LogP contribution in [0.25, 0.3) is 0 Å². The van der Waals surface area contributed by atoms with E-state index in [-0.39, 0.29) is 6.54 Å². The molecule has 0 amide bonds. The predicted octanol–water partition coefficient (Wildman–Crippen LogP) is 4.32. The Morgan fingerprint density at radius 3 is 1.90 bits per heavy atom. The highest BCUT2D eigenvalue weighted by Gasteiger charge is 2.27. The minimum absolute atomic E-state index is 0.0367. The van der Waals surface area contributed by atoms with Crippen LogP contribution in [0, 0.1) is 11.8 Å². The van der Waals surface area contributed by atoms with Crippen molar-refractivity contribution in [2.24, 2.45) is 11.8 Å². The van der Waals surface area contributed by atoms with Crippen LogP contribution in [-0.2, 0) is 9.36 Å². The molecule has 0 spiro atoms. The smallest absolute Gasteiger partial charge is 0.317 e. The first-order valence-corrected chi connectivity index (χ1v) is 12.1. The molecule has 0 aliphatic heterocycles. The quantitative estimate of drug-likeness (QED) is 0.565. The average molecular weight is 341 g/mol. The molecule has 0 aromatic heterocycles. The third-order valence-corrected chi connectivity index (χ3v) is 11.4. The molecule has 20 heavy (non-hydrogen) atoms. The molecule has 7 heteroatoms. The van der Waals surface area contributed by atoms with Gasteiger partial charge in [0.25, 0.3) is 0 Å². The lowest BCUT2D eigenvalue weighted by molar-refractivity contribution is -0.138. The van der Waals surface area contributed by atoms with E-state index < -0.39 is 11.5 Å². The fourth-order valence-corrected chi connectivity index (χ4v) is 10.0. The molecule has 0 atom stereocenters. The zero-order chi connectivity index (χ0) is 15.8. The van der Waals surface area contributed by atoms with Crippen molar-refractivity contribution >= 4 is 34.3 Å². The Labute approximate surface area is 131 Å². The van der Waals surface area contributed by atoms with E-state index in [1.54, 1.807) is 4.90 Å². The fourth-order valence-electron chi connectivity index (χ4n) is 1.34. The Kier molecular flexibility index (Phi) is 10.3. The third kappa shape index (κ3) is 10.1. The summed E-state index contributed by atoms with van der Waals surface area (Å²) >= 11 is 3.06. The number of carbonyl (C=O) groups is 1. The van der Waals surface area contributed by atoms with Gasteiger partial charge in [-0.15, -0.1) is 0 Å². The lowest BCUT2D eigenvalue weighted by atomic mass is 10.3. The molecule has 0 radical (unpaired) electrons. The predicted molar refractivity (Wildman–Crippen MR) is 91.9 cm³/mol. The summed E-state index contributed by atoms with van der Waals surface area (Å²) < 4.78 is 13.1. The van der Waals surface area contributed by atoms with Crippen molar-refractivity contribution in [1.29, 1.82) is 0 Å². The van der Waals surface area contributed by atoms with Crippen LogP contribution in [0.3, 0.4) is 0 Å². The summed E-state index contributed by atoms with van der Waals surface area (Å²) in [6, 6.07) is 0. The summed E-state index contributed by atoms with van der Waals surface area (Å²) in [5.41, 5.74) is -2.46. The Bertz CT molecular complexity index is 322. The molecule has 120 valence electrons. The van der Waals surface area contributed by atoms with Gasteiger partial charge in [0, 0.05) is 11.5 Å². The van der Waals surface area contributed by atoms with Crippen LogP contribution in [0.2, 0.25) is 0 Å². The highest BCUT2D eigenvalue weighted by molar-refractivity contribution is 8.90. The van der Waals surface area contributed by atoms with Gasteiger partial charge in [-0.25, -0.2) is 0 Å². The summed E-state index contributed by atoms with van der Waals surface area (Å²) in [5.74, 6) is 1.83. The van der Waals surface area contributed by atoms with Gasteiger partial charge in [0.15, 0.2) is 0 Å². The summed E-state index contributed by atoms with van der Waals surface area (Å²) in [7, 11) is 0. The third-order valence-electron chi connectivity index (χ3n) is 2.39. The van der Waals surface area contributed by atoms with Gasteiger partial charge in [-0.1, -0.05) is 57.4 Å². The number of hydrogen-bond donors (Lipinski definition) is 1. The van der Waals surface area contributed by atoms with Gasteiger partial charge in [-0.2, -0.15) is 0 Å². The minimum atomic E-state index is -2.46. The molecule has 0 saturated carbocycles. The van der Waals surface area contributed by atoms with Crippen molar-refractivity contribution < 1.29 is 14.5 Å². The first-order chi connectivity index (χ1) is 9.18. The number of nitrogens with zero attached hydrogens (tertiary/aromatic N) is 1. The van der Waals surface area contributed by atoms with E-state index >= 15 is 0 Å².